The molecule has 0 aliphatic rings. The second-order valence-corrected chi connectivity index (χ2v) is 6.53. The molecule has 1 amide bonds. The fourth-order valence-corrected chi connectivity index (χ4v) is 2.81. The summed E-state index contributed by atoms with van der Waals surface area (Å²) in [6.45, 7) is 3.31. The molecule has 0 saturated carbocycles. The van der Waals surface area contributed by atoms with E-state index < -0.39 is 0 Å². The zero-order valence-corrected chi connectivity index (χ0v) is 15.7. The predicted molar refractivity (Wildman–Crippen MR) is 107 cm³/mol. The molecule has 2 aromatic carbocycles. The fraction of sp³-hybridized carbons (Fsp3) is 0.409. The Kier molecular flexibility index (Phi) is 8.53. The van der Waals surface area contributed by atoms with Crippen molar-refractivity contribution in [3.8, 4) is 5.75 Å². The maximum Gasteiger partial charge on any atom is 0.251 e. The van der Waals surface area contributed by atoms with E-state index in [0.29, 0.717) is 24.4 Å². The van der Waals surface area contributed by atoms with E-state index in [0.717, 1.165) is 17.7 Å². The van der Waals surface area contributed by atoms with E-state index in [-0.39, 0.29) is 5.91 Å². The molecule has 0 aliphatic carbocycles. The molecular formula is C22H30N2O2. The molecule has 4 heteroatoms. The lowest BCUT2D eigenvalue weighted by molar-refractivity contribution is 0.0950. The number of rotatable bonds is 11. The van der Waals surface area contributed by atoms with Crippen LogP contribution >= 0.6 is 0 Å². The van der Waals surface area contributed by atoms with E-state index in [1.54, 1.807) is 12.1 Å². The summed E-state index contributed by atoms with van der Waals surface area (Å²) >= 11 is 0. The van der Waals surface area contributed by atoms with Crippen LogP contribution in [0.2, 0.25) is 0 Å². The van der Waals surface area contributed by atoms with Crippen LogP contribution in [0.1, 0.15) is 61.4 Å². The summed E-state index contributed by atoms with van der Waals surface area (Å²) in [4.78, 5) is 12.2. The number of benzene rings is 2. The van der Waals surface area contributed by atoms with Crippen LogP contribution in [0.4, 0.5) is 5.69 Å². The van der Waals surface area contributed by atoms with Gasteiger partial charge in [-0.3, -0.25) is 4.79 Å². The van der Waals surface area contributed by atoms with Crippen LogP contribution in [0.15, 0.2) is 48.5 Å². The van der Waals surface area contributed by atoms with Gasteiger partial charge in [0.05, 0.1) is 6.61 Å². The molecule has 0 radical (unpaired) electrons. The lowest BCUT2D eigenvalue weighted by atomic mass is 10.1. The summed E-state index contributed by atoms with van der Waals surface area (Å²) < 4.78 is 5.93. The molecule has 140 valence electrons. The minimum absolute atomic E-state index is 0.102. The summed E-state index contributed by atoms with van der Waals surface area (Å²) in [6.07, 6.45) is 7.37. The maximum atomic E-state index is 12.2. The number of unbranched alkanes of at least 4 members (excludes halogenated alkanes) is 5. The molecule has 0 unspecified atom stereocenters. The van der Waals surface area contributed by atoms with Gasteiger partial charge in [-0.25, -0.2) is 0 Å². The molecule has 0 aromatic heterocycles. The molecule has 0 saturated heterocycles. The highest BCUT2D eigenvalue weighted by molar-refractivity contribution is 5.94. The SMILES string of the molecule is CCCCCCCCOc1ccc(N)cc1CNC(=O)c1ccccc1. The quantitative estimate of drug-likeness (QED) is 0.444. The Bertz CT molecular complexity index is 671. The number of nitrogens with two attached hydrogens (primary N) is 1. The van der Waals surface area contributed by atoms with Crippen LogP contribution in [0, 0.1) is 0 Å². The van der Waals surface area contributed by atoms with Gasteiger partial charge in [-0.1, -0.05) is 57.2 Å². The van der Waals surface area contributed by atoms with Crippen molar-refractivity contribution in [2.45, 2.75) is 52.0 Å². The number of carbonyl (C=O) groups is 1. The second-order valence-electron chi connectivity index (χ2n) is 6.53. The van der Waals surface area contributed by atoms with Crippen LogP contribution < -0.4 is 15.8 Å². The molecule has 26 heavy (non-hydrogen) atoms. The third-order valence-electron chi connectivity index (χ3n) is 4.32. The van der Waals surface area contributed by atoms with Crippen LogP contribution in [0.5, 0.6) is 5.75 Å². The summed E-state index contributed by atoms with van der Waals surface area (Å²) in [5.74, 6) is 0.691. The van der Waals surface area contributed by atoms with Crippen molar-refractivity contribution < 1.29 is 9.53 Å². The highest BCUT2D eigenvalue weighted by atomic mass is 16.5. The van der Waals surface area contributed by atoms with E-state index in [4.69, 9.17) is 10.5 Å². The zero-order valence-electron chi connectivity index (χ0n) is 15.7. The largest absolute Gasteiger partial charge is 0.493 e. The molecule has 0 aliphatic heterocycles. The van der Waals surface area contributed by atoms with Crippen LogP contribution in [-0.4, -0.2) is 12.5 Å². The first-order valence-electron chi connectivity index (χ1n) is 9.55. The number of amides is 1. The Morgan fingerprint density at radius 2 is 1.73 bits per heavy atom. The maximum absolute atomic E-state index is 12.2. The lowest BCUT2D eigenvalue weighted by Gasteiger charge is -2.13. The molecule has 3 N–H and O–H groups in total. The van der Waals surface area contributed by atoms with Crippen molar-refractivity contribution in [2.24, 2.45) is 0 Å². The molecule has 0 fully saturated rings. The average molecular weight is 354 g/mol. The number of ether oxygens (including phenoxy) is 1. The monoisotopic (exact) mass is 354 g/mol. The van der Waals surface area contributed by atoms with Gasteiger partial charge in [-0.2, -0.15) is 0 Å². The first-order chi connectivity index (χ1) is 12.7. The Morgan fingerprint density at radius 3 is 2.50 bits per heavy atom. The predicted octanol–water partition coefficient (Wildman–Crippen LogP) is 4.94. The third kappa shape index (κ3) is 6.79. The Labute approximate surface area is 156 Å². The number of carbonyl (C=O) groups excluding carboxylic acids is 1. The zero-order chi connectivity index (χ0) is 18.6. The highest BCUT2D eigenvalue weighted by Crippen LogP contribution is 2.22. The van der Waals surface area contributed by atoms with E-state index in [1.165, 1.54) is 32.1 Å². The number of anilines is 1. The smallest absolute Gasteiger partial charge is 0.251 e. The van der Waals surface area contributed by atoms with E-state index in [2.05, 4.69) is 12.2 Å². The minimum atomic E-state index is -0.102. The van der Waals surface area contributed by atoms with Gasteiger partial charge in [-0.05, 0) is 36.8 Å². The Balaban J connectivity index is 1.83. The summed E-state index contributed by atoms with van der Waals surface area (Å²) in [6, 6.07) is 14.8. The summed E-state index contributed by atoms with van der Waals surface area (Å²) in [5.41, 5.74) is 8.11. The van der Waals surface area contributed by atoms with Crippen LogP contribution in [0.3, 0.4) is 0 Å². The molecular weight excluding hydrogens is 324 g/mol. The molecule has 4 nitrogen and oxygen atoms in total. The lowest BCUT2D eigenvalue weighted by Crippen LogP contribution is -2.23. The number of nitrogen functional groups attached to an aromatic ring is 1. The van der Waals surface area contributed by atoms with Crippen molar-refractivity contribution in [2.75, 3.05) is 12.3 Å². The van der Waals surface area contributed by atoms with Crippen LogP contribution in [0.25, 0.3) is 0 Å². The van der Waals surface area contributed by atoms with Gasteiger partial charge < -0.3 is 15.8 Å². The minimum Gasteiger partial charge on any atom is -0.493 e. The summed E-state index contributed by atoms with van der Waals surface area (Å²) in [7, 11) is 0. The Hall–Kier alpha value is -2.49. The standard InChI is InChI=1S/C22H30N2O2/c1-2-3-4-5-6-10-15-26-21-14-13-20(23)16-19(21)17-24-22(25)18-11-8-7-9-12-18/h7-9,11-14,16H,2-6,10,15,17,23H2,1H3,(H,24,25). The van der Waals surface area contributed by atoms with Crippen molar-refractivity contribution in [1.29, 1.82) is 0 Å². The first kappa shape index (κ1) is 19.8. The first-order valence-corrected chi connectivity index (χ1v) is 9.55. The number of hydrogen-bond acceptors (Lipinski definition) is 3. The number of nitrogens with one attached hydrogen (secondary N) is 1. The topological polar surface area (TPSA) is 64.3 Å². The van der Waals surface area contributed by atoms with Crippen molar-refractivity contribution in [3.05, 3.63) is 59.7 Å². The van der Waals surface area contributed by atoms with Crippen molar-refractivity contribution in [3.63, 3.8) is 0 Å². The van der Waals surface area contributed by atoms with Gasteiger partial charge in [0.15, 0.2) is 0 Å². The molecule has 0 heterocycles. The van der Waals surface area contributed by atoms with E-state index >= 15 is 0 Å². The Morgan fingerprint density at radius 1 is 1.00 bits per heavy atom. The normalized spacial score (nSPS) is 10.5. The van der Waals surface area contributed by atoms with Crippen LogP contribution in [-0.2, 0) is 6.54 Å². The van der Waals surface area contributed by atoms with E-state index in [1.807, 2.05) is 36.4 Å². The van der Waals surface area contributed by atoms with Crippen molar-refractivity contribution in [1.82, 2.24) is 5.32 Å². The fourth-order valence-electron chi connectivity index (χ4n) is 2.81. The van der Waals surface area contributed by atoms with Gasteiger partial charge in [-0.15, -0.1) is 0 Å². The third-order valence-corrected chi connectivity index (χ3v) is 4.32. The van der Waals surface area contributed by atoms with Gasteiger partial charge >= 0.3 is 0 Å². The van der Waals surface area contributed by atoms with Crippen molar-refractivity contribution >= 4 is 11.6 Å². The molecule has 0 atom stereocenters. The second kappa shape index (κ2) is 11.2. The van der Waals surface area contributed by atoms with Gasteiger partial charge in [0, 0.05) is 23.4 Å². The average Bonchev–Trinajstić information content (AvgIpc) is 2.67. The molecule has 2 rings (SSSR count). The van der Waals surface area contributed by atoms with Gasteiger partial charge in [0.25, 0.3) is 5.91 Å². The highest BCUT2D eigenvalue weighted by Gasteiger charge is 2.08. The van der Waals surface area contributed by atoms with Gasteiger partial charge in [0.2, 0.25) is 0 Å². The molecule has 0 bridgehead atoms. The summed E-state index contributed by atoms with van der Waals surface area (Å²) in [5, 5.41) is 2.93. The number of hydrogen-bond donors (Lipinski definition) is 2. The van der Waals surface area contributed by atoms with E-state index in [9.17, 15) is 4.79 Å². The molecule has 2 aromatic rings. The molecule has 0 spiro atoms. The van der Waals surface area contributed by atoms with Gasteiger partial charge in [0.1, 0.15) is 5.75 Å².